The van der Waals surface area contributed by atoms with Crippen molar-refractivity contribution >= 4 is 11.4 Å². The Bertz CT molecular complexity index is 494. The van der Waals surface area contributed by atoms with E-state index in [2.05, 4.69) is 0 Å². The molecule has 1 aromatic carbocycles. The number of hydrogen-bond acceptors (Lipinski definition) is 6. The zero-order chi connectivity index (χ0) is 15.2. The van der Waals surface area contributed by atoms with Gasteiger partial charge in [-0.3, -0.25) is 10.1 Å². The summed E-state index contributed by atoms with van der Waals surface area (Å²) in [6, 6.07) is 4.66. The van der Waals surface area contributed by atoms with Crippen LogP contribution in [0.2, 0.25) is 0 Å². The van der Waals surface area contributed by atoms with Crippen molar-refractivity contribution in [3.05, 3.63) is 28.3 Å². The maximum absolute atomic E-state index is 11.0. The van der Waals surface area contributed by atoms with Crippen LogP contribution in [0.1, 0.15) is 13.3 Å². The van der Waals surface area contributed by atoms with Crippen molar-refractivity contribution in [3.8, 4) is 5.75 Å². The van der Waals surface area contributed by atoms with Gasteiger partial charge in [-0.15, -0.1) is 0 Å². The number of aliphatic hydroxyl groups is 1. The van der Waals surface area contributed by atoms with Gasteiger partial charge < -0.3 is 19.5 Å². The first-order valence-corrected chi connectivity index (χ1v) is 7.03. The van der Waals surface area contributed by atoms with Gasteiger partial charge in [-0.2, -0.15) is 0 Å². The first-order chi connectivity index (χ1) is 10.2. The minimum atomic E-state index is -0.447. The Labute approximate surface area is 123 Å². The number of nitro benzene ring substituents is 1. The average molecular weight is 296 g/mol. The Hall–Kier alpha value is -1.86. The largest absolute Gasteiger partial charge is 0.487 e. The minimum Gasteiger partial charge on any atom is -0.487 e. The van der Waals surface area contributed by atoms with E-state index in [-0.39, 0.29) is 24.1 Å². The predicted octanol–water partition coefficient (Wildman–Crippen LogP) is 1.58. The van der Waals surface area contributed by atoms with Crippen molar-refractivity contribution in [2.45, 2.75) is 19.4 Å². The van der Waals surface area contributed by atoms with E-state index in [1.165, 1.54) is 6.07 Å². The minimum absolute atomic E-state index is 0.0257. The predicted molar refractivity (Wildman–Crippen MR) is 77.9 cm³/mol. The Kier molecular flexibility index (Phi) is 5.35. The normalized spacial score (nSPS) is 18.6. The number of benzene rings is 1. The molecule has 1 unspecified atom stereocenters. The van der Waals surface area contributed by atoms with Crippen molar-refractivity contribution in [1.29, 1.82) is 0 Å². The molecule has 1 aromatic rings. The van der Waals surface area contributed by atoms with Crippen molar-refractivity contribution in [2.75, 3.05) is 37.9 Å². The topological polar surface area (TPSA) is 85.1 Å². The molecular weight excluding hydrogens is 276 g/mol. The molecule has 1 atom stereocenters. The number of ether oxygens (including phenoxy) is 2. The van der Waals surface area contributed by atoms with Gasteiger partial charge in [-0.1, -0.05) is 6.92 Å². The summed E-state index contributed by atoms with van der Waals surface area (Å²) in [6.45, 7) is 3.99. The van der Waals surface area contributed by atoms with E-state index in [0.717, 1.165) is 12.1 Å². The number of nitro groups is 1. The summed E-state index contributed by atoms with van der Waals surface area (Å²) in [5.41, 5.74) is 0.759. The fourth-order valence-electron chi connectivity index (χ4n) is 2.31. The van der Waals surface area contributed by atoms with E-state index in [1.54, 1.807) is 12.1 Å². The lowest BCUT2D eigenvalue weighted by Gasteiger charge is -2.36. The van der Waals surface area contributed by atoms with Crippen LogP contribution >= 0.6 is 0 Å². The highest BCUT2D eigenvalue weighted by atomic mass is 16.6. The van der Waals surface area contributed by atoms with Crippen LogP contribution in [0.4, 0.5) is 11.4 Å². The van der Waals surface area contributed by atoms with E-state index < -0.39 is 4.92 Å². The molecule has 0 amide bonds. The Morgan fingerprint density at radius 1 is 1.57 bits per heavy atom. The van der Waals surface area contributed by atoms with E-state index >= 15 is 0 Å². The quantitative estimate of drug-likeness (QED) is 0.633. The summed E-state index contributed by atoms with van der Waals surface area (Å²) in [5.74, 6) is 0.266. The van der Waals surface area contributed by atoms with E-state index in [0.29, 0.717) is 26.4 Å². The average Bonchev–Trinajstić information content (AvgIpc) is 2.52. The zero-order valence-electron chi connectivity index (χ0n) is 12.0. The van der Waals surface area contributed by atoms with Crippen LogP contribution in [0.3, 0.4) is 0 Å². The number of hydrogen-bond donors (Lipinski definition) is 1. The molecule has 1 heterocycles. The third-order valence-corrected chi connectivity index (χ3v) is 3.37. The third-order valence-electron chi connectivity index (χ3n) is 3.37. The van der Waals surface area contributed by atoms with Crippen LogP contribution in [0.5, 0.6) is 5.75 Å². The number of morpholine rings is 1. The number of rotatable bonds is 6. The molecule has 1 saturated heterocycles. The highest BCUT2D eigenvalue weighted by molar-refractivity contribution is 5.60. The van der Waals surface area contributed by atoms with Gasteiger partial charge in [-0.25, -0.2) is 0 Å². The smallest absolute Gasteiger partial charge is 0.311 e. The molecule has 1 fully saturated rings. The first kappa shape index (κ1) is 15.5. The fourth-order valence-corrected chi connectivity index (χ4v) is 2.31. The van der Waals surface area contributed by atoms with Gasteiger partial charge in [0.05, 0.1) is 37.4 Å². The molecule has 21 heavy (non-hydrogen) atoms. The Morgan fingerprint density at radius 3 is 3.05 bits per heavy atom. The van der Waals surface area contributed by atoms with E-state index in [4.69, 9.17) is 9.47 Å². The molecule has 7 heteroatoms. The SMILES string of the molecule is CCCOc1cc(N2CCOCC2CO)ccc1[N+](=O)[O-]. The van der Waals surface area contributed by atoms with Crippen LogP contribution in [0.25, 0.3) is 0 Å². The van der Waals surface area contributed by atoms with Gasteiger partial charge in [0, 0.05) is 24.4 Å². The molecule has 1 aliphatic rings. The van der Waals surface area contributed by atoms with Gasteiger partial charge in [0.1, 0.15) is 0 Å². The Balaban J connectivity index is 2.29. The van der Waals surface area contributed by atoms with Crippen LogP contribution in [-0.4, -0.2) is 49.0 Å². The highest BCUT2D eigenvalue weighted by Gasteiger charge is 2.25. The van der Waals surface area contributed by atoms with Gasteiger partial charge >= 0.3 is 5.69 Å². The van der Waals surface area contributed by atoms with Crippen LogP contribution < -0.4 is 9.64 Å². The molecular formula is C14H20N2O5. The molecule has 7 nitrogen and oxygen atoms in total. The third kappa shape index (κ3) is 3.62. The summed E-state index contributed by atoms with van der Waals surface area (Å²) in [5, 5.41) is 20.5. The van der Waals surface area contributed by atoms with Crippen LogP contribution in [0, 0.1) is 10.1 Å². The number of anilines is 1. The molecule has 116 valence electrons. The molecule has 0 aromatic heterocycles. The number of nitrogens with zero attached hydrogens (tertiary/aromatic N) is 2. The second-order valence-electron chi connectivity index (χ2n) is 4.86. The summed E-state index contributed by atoms with van der Waals surface area (Å²) in [4.78, 5) is 12.6. The maximum Gasteiger partial charge on any atom is 0.311 e. The van der Waals surface area contributed by atoms with Crippen molar-refractivity contribution in [3.63, 3.8) is 0 Å². The Morgan fingerprint density at radius 2 is 2.38 bits per heavy atom. The molecule has 0 saturated carbocycles. The van der Waals surface area contributed by atoms with Crippen molar-refractivity contribution in [1.82, 2.24) is 0 Å². The lowest BCUT2D eigenvalue weighted by atomic mass is 10.1. The van der Waals surface area contributed by atoms with Crippen LogP contribution in [0.15, 0.2) is 18.2 Å². The number of aliphatic hydroxyl groups excluding tert-OH is 1. The van der Waals surface area contributed by atoms with E-state index in [9.17, 15) is 15.2 Å². The second kappa shape index (κ2) is 7.24. The molecule has 1 N–H and O–H groups in total. The summed E-state index contributed by atoms with van der Waals surface area (Å²) < 4.78 is 10.8. The van der Waals surface area contributed by atoms with Crippen molar-refractivity contribution in [2.24, 2.45) is 0 Å². The monoisotopic (exact) mass is 296 g/mol. The molecule has 0 bridgehead atoms. The molecule has 1 aliphatic heterocycles. The van der Waals surface area contributed by atoms with Gasteiger partial charge in [0.15, 0.2) is 5.75 Å². The van der Waals surface area contributed by atoms with Crippen molar-refractivity contribution < 1.29 is 19.5 Å². The zero-order valence-corrected chi connectivity index (χ0v) is 12.0. The molecule has 0 radical (unpaired) electrons. The van der Waals surface area contributed by atoms with Gasteiger partial charge in [0.2, 0.25) is 0 Å². The maximum atomic E-state index is 11.0. The van der Waals surface area contributed by atoms with Crippen LogP contribution in [-0.2, 0) is 4.74 Å². The molecule has 2 rings (SSSR count). The lowest BCUT2D eigenvalue weighted by Crippen LogP contribution is -2.47. The summed E-state index contributed by atoms with van der Waals surface area (Å²) in [7, 11) is 0. The van der Waals surface area contributed by atoms with Gasteiger partial charge in [0.25, 0.3) is 0 Å². The van der Waals surface area contributed by atoms with Gasteiger partial charge in [-0.05, 0) is 12.5 Å². The molecule has 0 spiro atoms. The fraction of sp³-hybridized carbons (Fsp3) is 0.571. The molecule has 0 aliphatic carbocycles. The highest BCUT2D eigenvalue weighted by Crippen LogP contribution is 2.33. The summed E-state index contributed by atoms with van der Waals surface area (Å²) >= 11 is 0. The summed E-state index contributed by atoms with van der Waals surface area (Å²) in [6.07, 6.45) is 0.776. The van der Waals surface area contributed by atoms with E-state index in [1.807, 2.05) is 11.8 Å². The standard InChI is InChI=1S/C14H20N2O5/c1-2-6-21-14-8-11(3-4-13(14)16(18)19)15-5-7-20-10-12(15)9-17/h3-4,8,12,17H,2,5-7,9-10H2,1H3. The first-order valence-electron chi connectivity index (χ1n) is 7.03. The second-order valence-corrected chi connectivity index (χ2v) is 4.86. The lowest BCUT2D eigenvalue weighted by molar-refractivity contribution is -0.385.